The van der Waals surface area contributed by atoms with E-state index in [1.54, 1.807) is 29.5 Å². The summed E-state index contributed by atoms with van der Waals surface area (Å²) >= 11 is 13.3. The van der Waals surface area contributed by atoms with Gasteiger partial charge in [0, 0.05) is 4.88 Å². The Bertz CT molecular complexity index is 728. The lowest BCUT2D eigenvalue weighted by atomic mass is 10.0. The maximum atomic E-state index is 12.4. The second kappa shape index (κ2) is 7.32. The van der Waals surface area contributed by atoms with Gasteiger partial charge in [0.15, 0.2) is 0 Å². The second-order valence-electron chi connectivity index (χ2n) is 5.36. The van der Waals surface area contributed by atoms with Crippen LogP contribution in [0.1, 0.15) is 30.3 Å². The lowest BCUT2D eigenvalue weighted by Gasteiger charge is -2.21. The zero-order valence-corrected chi connectivity index (χ0v) is 15.4. The van der Waals surface area contributed by atoms with Crippen LogP contribution >= 0.6 is 34.5 Å². The normalized spacial score (nSPS) is 13.5. The van der Waals surface area contributed by atoms with Gasteiger partial charge < -0.3 is 0 Å². The third-order valence-electron chi connectivity index (χ3n) is 3.16. The number of sulfonamides is 1. The maximum absolute atomic E-state index is 12.4. The number of rotatable bonds is 6. The van der Waals surface area contributed by atoms with Crippen LogP contribution in [0.15, 0.2) is 35.7 Å². The third-order valence-corrected chi connectivity index (χ3v) is 6.18. The third kappa shape index (κ3) is 4.70. The molecule has 1 heterocycles. The molecule has 0 aliphatic carbocycles. The van der Waals surface area contributed by atoms with E-state index in [9.17, 15) is 8.42 Å². The van der Waals surface area contributed by atoms with Gasteiger partial charge in [0.05, 0.1) is 21.8 Å². The van der Waals surface area contributed by atoms with Gasteiger partial charge in [-0.15, -0.1) is 11.3 Å². The molecule has 0 saturated carbocycles. The average Bonchev–Trinajstić information content (AvgIpc) is 2.93. The molecule has 0 aliphatic rings. The molecule has 0 amide bonds. The van der Waals surface area contributed by atoms with E-state index in [0.717, 1.165) is 4.88 Å². The van der Waals surface area contributed by atoms with Gasteiger partial charge in [-0.2, -0.15) is 0 Å². The van der Waals surface area contributed by atoms with E-state index in [4.69, 9.17) is 23.2 Å². The quantitative estimate of drug-likeness (QED) is 0.779. The molecule has 1 unspecified atom stereocenters. The average molecular weight is 378 g/mol. The molecule has 0 radical (unpaired) electrons. The number of hydrogen-bond acceptors (Lipinski definition) is 3. The lowest BCUT2D eigenvalue weighted by molar-refractivity contribution is 0.468. The molecule has 7 heteroatoms. The number of benzene rings is 1. The van der Waals surface area contributed by atoms with Gasteiger partial charge in [-0.1, -0.05) is 49.2 Å². The minimum absolute atomic E-state index is 0.127. The van der Waals surface area contributed by atoms with Crippen LogP contribution in [0.5, 0.6) is 0 Å². The van der Waals surface area contributed by atoms with Crippen molar-refractivity contribution in [1.82, 2.24) is 4.72 Å². The fourth-order valence-corrected chi connectivity index (χ4v) is 4.91. The Kier molecular flexibility index (Phi) is 5.91. The van der Waals surface area contributed by atoms with Gasteiger partial charge in [0.25, 0.3) is 0 Å². The van der Waals surface area contributed by atoms with Crippen LogP contribution in [0.25, 0.3) is 0 Å². The highest BCUT2D eigenvalue weighted by Gasteiger charge is 2.23. The van der Waals surface area contributed by atoms with Crippen LogP contribution in [-0.2, 0) is 15.8 Å². The summed E-state index contributed by atoms with van der Waals surface area (Å²) in [4.78, 5) is 1.01. The Morgan fingerprint density at radius 3 is 2.45 bits per heavy atom. The molecular formula is C15H17Cl2NO2S2. The Balaban J connectivity index is 2.17. The van der Waals surface area contributed by atoms with Crippen LogP contribution in [0.4, 0.5) is 0 Å². The molecule has 2 rings (SSSR count). The van der Waals surface area contributed by atoms with Gasteiger partial charge in [0.2, 0.25) is 10.0 Å². The monoisotopic (exact) mass is 377 g/mol. The molecule has 0 saturated heterocycles. The first-order valence-electron chi connectivity index (χ1n) is 6.76. The lowest BCUT2D eigenvalue weighted by Crippen LogP contribution is -2.32. The van der Waals surface area contributed by atoms with E-state index in [1.807, 2.05) is 31.4 Å². The first kappa shape index (κ1) is 17.8. The van der Waals surface area contributed by atoms with Crippen LogP contribution in [0.3, 0.4) is 0 Å². The number of hydrogen-bond donors (Lipinski definition) is 1. The highest BCUT2D eigenvalue weighted by Crippen LogP contribution is 2.28. The SMILES string of the molecule is CC(C)C(NS(=O)(=O)Cc1ccc(Cl)c(Cl)c1)c1cccs1. The van der Waals surface area contributed by atoms with E-state index < -0.39 is 10.0 Å². The largest absolute Gasteiger partial charge is 0.216 e. The summed E-state index contributed by atoms with van der Waals surface area (Å²) in [7, 11) is -3.48. The molecule has 0 fully saturated rings. The predicted octanol–water partition coefficient (Wildman–Crippen LogP) is 4.87. The maximum Gasteiger partial charge on any atom is 0.216 e. The van der Waals surface area contributed by atoms with E-state index >= 15 is 0 Å². The molecule has 0 spiro atoms. The molecule has 1 aromatic heterocycles. The molecule has 1 N–H and O–H groups in total. The minimum atomic E-state index is -3.48. The fraction of sp³-hybridized carbons (Fsp3) is 0.333. The van der Waals surface area contributed by atoms with E-state index in [2.05, 4.69) is 4.72 Å². The Labute approximate surface area is 145 Å². The molecular weight excluding hydrogens is 361 g/mol. The predicted molar refractivity (Wildman–Crippen MR) is 94.1 cm³/mol. The molecule has 0 bridgehead atoms. The van der Waals surface area contributed by atoms with Gasteiger partial charge in [-0.25, -0.2) is 13.1 Å². The summed E-state index contributed by atoms with van der Waals surface area (Å²) < 4.78 is 27.6. The van der Waals surface area contributed by atoms with Crippen molar-refractivity contribution in [2.75, 3.05) is 0 Å². The van der Waals surface area contributed by atoms with Gasteiger partial charge >= 0.3 is 0 Å². The Hall–Kier alpha value is -0.590. The van der Waals surface area contributed by atoms with Crippen molar-refractivity contribution in [2.24, 2.45) is 5.92 Å². The number of nitrogens with one attached hydrogen (secondary N) is 1. The highest BCUT2D eigenvalue weighted by molar-refractivity contribution is 7.88. The van der Waals surface area contributed by atoms with Crippen molar-refractivity contribution in [2.45, 2.75) is 25.6 Å². The van der Waals surface area contributed by atoms with Crippen LogP contribution in [0, 0.1) is 5.92 Å². The second-order valence-corrected chi connectivity index (χ2v) is 8.91. The highest BCUT2D eigenvalue weighted by atomic mass is 35.5. The zero-order chi connectivity index (χ0) is 16.3. The summed E-state index contributed by atoms with van der Waals surface area (Å²) in [5.74, 6) is 0.0283. The van der Waals surface area contributed by atoms with Crippen LogP contribution in [0.2, 0.25) is 10.0 Å². The summed E-state index contributed by atoms with van der Waals surface area (Å²) in [5.41, 5.74) is 0.607. The van der Waals surface area contributed by atoms with Crippen molar-refractivity contribution in [3.63, 3.8) is 0 Å². The molecule has 1 atom stereocenters. The molecule has 3 nitrogen and oxygen atoms in total. The summed E-state index contributed by atoms with van der Waals surface area (Å²) in [6.07, 6.45) is 0. The Morgan fingerprint density at radius 2 is 1.91 bits per heavy atom. The Morgan fingerprint density at radius 1 is 1.18 bits per heavy atom. The molecule has 120 valence electrons. The molecule has 2 aromatic rings. The first-order chi connectivity index (χ1) is 10.3. The van der Waals surface area contributed by atoms with Gasteiger partial charge in [0.1, 0.15) is 0 Å². The standard InChI is InChI=1S/C15H17Cl2NO2S2/c1-10(2)15(14-4-3-7-21-14)18-22(19,20)9-11-5-6-12(16)13(17)8-11/h3-8,10,15,18H,9H2,1-2H3. The number of halogens is 2. The fourth-order valence-electron chi connectivity index (χ4n) is 2.07. The van der Waals surface area contributed by atoms with Gasteiger partial charge in [-0.05, 0) is 35.1 Å². The van der Waals surface area contributed by atoms with Crippen LogP contribution < -0.4 is 4.72 Å². The molecule has 1 aromatic carbocycles. The van der Waals surface area contributed by atoms with Crippen molar-refractivity contribution >= 4 is 44.6 Å². The zero-order valence-electron chi connectivity index (χ0n) is 12.2. The topological polar surface area (TPSA) is 46.2 Å². The summed E-state index contributed by atoms with van der Waals surface area (Å²) in [6.45, 7) is 3.98. The van der Waals surface area contributed by atoms with Gasteiger partial charge in [-0.3, -0.25) is 0 Å². The summed E-state index contributed by atoms with van der Waals surface area (Å²) in [6, 6.07) is 8.49. The van der Waals surface area contributed by atoms with E-state index in [0.29, 0.717) is 15.6 Å². The molecule has 0 aliphatic heterocycles. The summed E-state index contributed by atoms with van der Waals surface area (Å²) in [5, 5.41) is 2.71. The minimum Gasteiger partial charge on any atom is -0.212 e. The van der Waals surface area contributed by atoms with Crippen molar-refractivity contribution in [3.8, 4) is 0 Å². The first-order valence-corrected chi connectivity index (χ1v) is 10.0. The van der Waals surface area contributed by atoms with Crippen LogP contribution in [-0.4, -0.2) is 8.42 Å². The number of thiophene rings is 1. The smallest absolute Gasteiger partial charge is 0.212 e. The van der Waals surface area contributed by atoms with Crippen molar-refractivity contribution in [1.29, 1.82) is 0 Å². The van der Waals surface area contributed by atoms with Crippen molar-refractivity contribution < 1.29 is 8.42 Å². The molecule has 22 heavy (non-hydrogen) atoms. The van der Waals surface area contributed by atoms with Crippen molar-refractivity contribution in [3.05, 3.63) is 56.2 Å². The van der Waals surface area contributed by atoms with E-state index in [1.165, 1.54) is 0 Å². The van der Waals surface area contributed by atoms with E-state index in [-0.39, 0.29) is 17.7 Å².